The van der Waals surface area contributed by atoms with Gasteiger partial charge in [0.05, 0.1) is 16.1 Å². The van der Waals surface area contributed by atoms with Crippen LogP contribution in [0.1, 0.15) is 18.4 Å². The summed E-state index contributed by atoms with van der Waals surface area (Å²) in [5.41, 5.74) is 0.994. The predicted molar refractivity (Wildman–Crippen MR) is 76.5 cm³/mol. The predicted octanol–water partition coefficient (Wildman–Crippen LogP) is 3.25. The lowest BCUT2D eigenvalue weighted by Gasteiger charge is -2.37. The number of ether oxygens (including phenoxy) is 1. The minimum atomic E-state index is 0.444. The number of methoxy groups -OCH3 is 1. The minimum absolute atomic E-state index is 0.444. The molecule has 1 unspecified atom stereocenters. The Balaban J connectivity index is 1.72. The van der Waals surface area contributed by atoms with Crippen LogP contribution in [0.2, 0.25) is 10.0 Å². The Hall–Kier alpha value is -0.350. The van der Waals surface area contributed by atoms with Crippen molar-refractivity contribution in [3.05, 3.63) is 28.0 Å². The molecule has 1 aromatic rings. The summed E-state index contributed by atoms with van der Waals surface area (Å²) in [6.45, 7) is 2.96. The molecular formula is C14H18Cl2N2O. The molecule has 1 saturated heterocycles. The lowest BCUT2D eigenvalue weighted by Crippen LogP contribution is -2.45. The van der Waals surface area contributed by atoms with Gasteiger partial charge in [-0.2, -0.15) is 0 Å². The molecule has 2 heterocycles. The Morgan fingerprint density at radius 3 is 2.32 bits per heavy atom. The quantitative estimate of drug-likeness (QED) is 0.857. The second-order valence-electron chi connectivity index (χ2n) is 5.57. The lowest BCUT2D eigenvalue weighted by molar-refractivity contribution is -0.0179. The first-order chi connectivity index (χ1) is 9.19. The molecule has 0 spiro atoms. The maximum absolute atomic E-state index is 6.19. The van der Waals surface area contributed by atoms with E-state index >= 15 is 0 Å². The van der Waals surface area contributed by atoms with Crippen molar-refractivity contribution < 1.29 is 4.74 Å². The van der Waals surface area contributed by atoms with Gasteiger partial charge in [-0.3, -0.25) is 9.88 Å². The lowest BCUT2D eigenvalue weighted by atomic mass is 9.94. The van der Waals surface area contributed by atoms with Crippen LogP contribution in [0.3, 0.4) is 0 Å². The van der Waals surface area contributed by atoms with Crippen molar-refractivity contribution in [2.75, 3.05) is 20.2 Å². The van der Waals surface area contributed by atoms with Gasteiger partial charge in [0.1, 0.15) is 0 Å². The second-order valence-corrected chi connectivity index (χ2v) is 6.39. The Morgan fingerprint density at radius 1 is 1.21 bits per heavy atom. The Bertz CT molecular complexity index is 435. The highest BCUT2D eigenvalue weighted by molar-refractivity contribution is 6.35. The fourth-order valence-electron chi connectivity index (χ4n) is 3.60. The van der Waals surface area contributed by atoms with E-state index in [1.165, 1.54) is 12.8 Å². The van der Waals surface area contributed by atoms with Gasteiger partial charge < -0.3 is 4.74 Å². The largest absolute Gasteiger partial charge is 0.381 e. The van der Waals surface area contributed by atoms with Crippen molar-refractivity contribution in [3.63, 3.8) is 0 Å². The molecule has 3 atom stereocenters. The molecule has 3 rings (SSSR count). The normalized spacial score (nSPS) is 30.8. The number of piperidine rings is 1. The molecule has 5 heteroatoms. The summed E-state index contributed by atoms with van der Waals surface area (Å²) in [4.78, 5) is 6.45. The van der Waals surface area contributed by atoms with Crippen molar-refractivity contribution in [2.24, 2.45) is 11.8 Å². The minimum Gasteiger partial charge on any atom is -0.381 e. The molecule has 1 aliphatic heterocycles. The molecule has 1 aromatic heterocycles. The summed E-state index contributed by atoms with van der Waals surface area (Å²) >= 11 is 12.4. The number of nitrogens with zero attached hydrogens (tertiary/aromatic N) is 2. The zero-order valence-corrected chi connectivity index (χ0v) is 12.5. The number of hydrogen-bond acceptors (Lipinski definition) is 3. The third-order valence-electron chi connectivity index (χ3n) is 4.43. The van der Waals surface area contributed by atoms with Gasteiger partial charge in [0.25, 0.3) is 0 Å². The van der Waals surface area contributed by atoms with Crippen LogP contribution in [0.25, 0.3) is 0 Å². The number of halogens is 2. The summed E-state index contributed by atoms with van der Waals surface area (Å²) in [5.74, 6) is 1.31. The van der Waals surface area contributed by atoms with Gasteiger partial charge in [-0.25, -0.2) is 0 Å². The highest BCUT2D eigenvalue weighted by atomic mass is 35.5. The van der Waals surface area contributed by atoms with Crippen LogP contribution in [0.5, 0.6) is 0 Å². The first kappa shape index (κ1) is 13.6. The van der Waals surface area contributed by atoms with Gasteiger partial charge in [0.2, 0.25) is 0 Å². The first-order valence-electron chi connectivity index (χ1n) is 6.72. The first-order valence-corrected chi connectivity index (χ1v) is 7.47. The van der Waals surface area contributed by atoms with E-state index in [0.717, 1.165) is 25.2 Å². The molecule has 19 heavy (non-hydrogen) atoms. The van der Waals surface area contributed by atoms with Crippen LogP contribution in [0.15, 0.2) is 12.4 Å². The van der Waals surface area contributed by atoms with E-state index in [2.05, 4.69) is 9.88 Å². The van der Waals surface area contributed by atoms with Gasteiger partial charge in [0.15, 0.2) is 0 Å². The van der Waals surface area contributed by atoms with E-state index in [0.29, 0.717) is 28.0 Å². The Kier molecular flexibility index (Phi) is 3.99. The molecule has 104 valence electrons. The van der Waals surface area contributed by atoms with Crippen LogP contribution in [0.4, 0.5) is 0 Å². The fourth-order valence-corrected chi connectivity index (χ4v) is 4.08. The number of likely N-dealkylation sites (tertiary alicyclic amines) is 1. The van der Waals surface area contributed by atoms with Crippen molar-refractivity contribution >= 4 is 23.2 Å². The molecule has 1 aliphatic carbocycles. The highest BCUT2D eigenvalue weighted by Gasteiger charge is 2.42. The molecular weight excluding hydrogens is 283 g/mol. The van der Waals surface area contributed by atoms with Crippen molar-refractivity contribution in [1.82, 2.24) is 9.88 Å². The fraction of sp³-hybridized carbons (Fsp3) is 0.643. The highest BCUT2D eigenvalue weighted by Crippen LogP contribution is 2.39. The van der Waals surface area contributed by atoms with Gasteiger partial charge in [-0.15, -0.1) is 0 Å². The number of fused-ring (bicyclic) bond motifs is 2. The van der Waals surface area contributed by atoms with Crippen LogP contribution in [0, 0.1) is 11.8 Å². The molecule has 1 saturated carbocycles. The zero-order chi connectivity index (χ0) is 13.4. The van der Waals surface area contributed by atoms with E-state index in [4.69, 9.17) is 27.9 Å². The average Bonchev–Trinajstić information content (AvgIpc) is 2.64. The van der Waals surface area contributed by atoms with Crippen LogP contribution < -0.4 is 0 Å². The zero-order valence-electron chi connectivity index (χ0n) is 11.0. The van der Waals surface area contributed by atoms with E-state index in [1.807, 2.05) is 7.11 Å². The molecule has 2 bridgehead atoms. The SMILES string of the molecule is COC1[C@@H]2CC[C@H]1CN(Cc1c(Cl)cncc1Cl)C2. The van der Waals surface area contributed by atoms with E-state index in [-0.39, 0.29) is 0 Å². The molecule has 3 nitrogen and oxygen atoms in total. The Morgan fingerprint density at radius 2 is 1.79 bits per heavy atom. The van der Waals surface area contributed by atoms with Crippen molar-refractivity contribution in [3.8, 4) is 0 Å². The smallest absolute Gasteiger partial charge is 0.0652 e. The molecule has 2 aliphatic rings. The van der Waals surface area contributed by atoms with E-state index in [9.17, 15) is 0 Å². The number of rotatable bonds is 3. The van der Waals surface area contributed by atoms with Crippen molar-refractivity contribution in [1.29, 1.82) is 0 Å². The van der Waals surface area contributed by atoms with Gasteiger partial charge in [0, 0.05) is 44.7 Å². The second kappa shape index (κ2) is 5.57. The summed E-state index contributed by atoms with van der Waals surface area (Å²) in [6.07, 6.45) is 6.33. The third-order valence-corrected chi connectivity index (χ3v) is 5.08. The molecule has 0 amide bonds. The molecule has 0 aromatic carbocycles. The van der Waals surface area contributed by atoms with Crippen LogP contribution >= 0.6 is 23.2 Å². The summed E-state index contributed by atoms with van der Waals surface area (Å²) < 4.78 is 5.64. The summed E-state index contributed by atoms with van der Waals surface area (Å²) in [5, 5.41) is 1.32. The molecule has 2 fully saturated rings. The monoisotopic (exact) mass is 300 g/mol. The Labute approximate surface area is 123 Å². The standard InChI is InChI=1S/C14H18Cl2N2O/c1-19-14-9-2-3-10(14)7-18(6-9)8-11-12(15)4-17-5-13(11)16/h4-5,9-10,14H,2-3,6-8H2,1H3/t9-,10+,14?. The maximum atomic E-state index is 6.19. The summed E-state index contributed by atoms with van der Waals surface area (Å²) in [7, 11) is 1.84. The van der Waals surface area contributed by atoms with Gasteiger partial charge in [-0.05, 0) is 24.7 Å². The maximum Gasteiger partial charge on any atom is 0.0652 e. The summed E-state index contributed by atoms with van der Waals surface area (Å²) in [6, 6.07) is 0. The van der Waals surface area contributed by atoms with Crippen molar-refractivity contribution in [2.45, 2.75) is 25.5 Å². The third kappa shape index (κ3) is 2.62. The molecule has 0 N–H and O–H groups in total. The number of aromatic nitrogens is 1. The van der Waals surface area contributed by atoms with E-state index < -0.39 is 0 Å². The van der Waals surface area contributed by atoms with Crippen LogP contribution in [-0.4, -0.2) is 36.2 Å². The topological polar surface area (TPSA) is 25.4 Å². The van der Waals surface area contributed by atoms with Crippen LogP contribution in [-0.2, 0) is 11.3 Å². The average molecular weight is 301 g/mol. The number of pyridine rings is 1. The molecule has 0 radical (unpaired) electrons. The van der Waals surface area contributed by atoms with Gasteiger partial charge >= 0.3 is 0 Å². The number of hydrogen-bond donors (Lipinski definition) is 0. The van der Waals surface area contributed by atoms with E-state index in [1.54, 1.807) is 12.4 Å². The van der Waals surface area contributed by atoms with Gasteiger partial charge in [-0.1, -0.05) is 23.2 Å².